The molecule has 0 aliphatic rings. The maximum absolute atomic E-state index is 4.12. The van der Waals surface area contributed by atoms with E-state index >= 15 is 0 Å². The molecule has 0 bridgehead atoms. The molecule has 1 aromatic rings. The van der Waals surface area contributed by atoms with Gasteiger partial charge in [-0.25, -0.2) is 4.98 Å². The molecule has 0 saturated carbocycles. The molecule has 5 heteroatoms. The molecule has 0 atom stereocenters. The zero-order valence-electron chi connectivity index (χ0n) is 8.53. The van der Waals surface area contributed by atoms with Gasteiger partial charge in [0.1, 0.15) is 6.33 Å². The number of hydrogen-bond donors (Lipinski definition) is 1. The lowest BCUT2D eigenvalue weighted by atomic mass is 10.3. The lowest BCUT2D eigenvalue weighted by Crippen LogP contribution is -2.15. The first-order valence-corrected chi connectivity index (χ1v) is 6.79. The first-order valence-electron chi connectivity index (χ1n) is 5.03. The Morgan fingerprint density at radius 1 is 1.43 bits per heavy atom. The van der Waals surface area contributed by atoms with Crippen molar-refractivity contribution in [3.63, 3.8) is 0 Å². The predicted molar refractivity (Wildman–Crippen MR) is 63.0 cm³/mol. The van der Waals surface area contributed by atoms with Gasteiger partial charge < -0.3 is 5.32 Å². The SMILES string of the molecule is CCCNCCCCSc1ncns1. The van der Waals surface area contributed by atoms with Gasteiger partial charge in [-0.15, -0.1) is 0 Å². The van der Waals surface area contributed by atoms with E-state index in [0.717, 1.165) is 23.2 Å². The summed E-state index contributed by atoms with van der Waals surface area (Å²) in [7, 11) is 0. The van der Waals surface area contributed by atoms with Crippen molar-refractivity contribution in [3.8, 4) is 0 Å². The quantitative estimate of drug-likeness (QED) is 0.551. The summed E-state index contributed by atoms with van der Waals surface area (Å²) in [6.07, 6.45) is 5.35. The third kappa shape index (κ3) is 5.57. The number of nitrogens with one attached hydrogen (secondary N) is 1. The van der Waals surface area contributed by atoms with Gasteiger partial charge >= 0.3 is 0 Å². The van der Waals surface area contributed by atoms with E-state index < -0.39 is 0 Å². The second kappa shape index (κ2) is 8.20. The third-order valence-electron chi connectivity index (χ3n) is 1.74. The van der Waals surface area contributed by atoms with Crippen molar-refractivity contribution in [2.45, 2.75) is 30.5 Å². The van der Waals surface area contributed by atoms with Crippen LogP contribution in [0.2, 0.25) is 0 Å². The van der Waals surface area contributed by atoms with Crippen molar-refractivity contribution >= 4 is 23.3 Å². The molecule has 0 amide bonds. The molecule has 1 rings (SSSR count). The fourth-order valence-corrected chi connectivity index (χ4v) is 2.55. The number of nitrogens with zero attached hydrogens (tertiary/aromatic N) is 2. The monoisotopic (exact) mass is 231 g/mol. The molecule has 1 N–H and O–H groups in total. The van der Waals surface area contributed by atoms with Crippen molar-refractivity contribution in [3.05, 3.63) is 6.33 Å². The van der Waals surface area contributed by atoms with E-state index in [0.29, 0.717) is 0 Å². The van der Waals surface area contributed by atoms with Crippen molar-refractivity contribution in [2.24, 2.45) is 0 Å². The molecule has 0 aliphatic carbocycles. The second-order valence-electron chi connectivity index (χ2n) is 3.01. The molecule has 80 valence electrons. The molecule has 0 radical (unpaired) electrons. The molecule has 1 heterocycles. The number of unbranched alkanes of at least 4 members (excludes halogenated alkanes) is 1. The summed E-state index contributed by atoms with van der Waals surface area (Å²) in [6, 6.07) is 0. The van der Waals surface area contributed by atoms with Crippen LogP contribution in [0.3, 0.4) is 0 Å². The molecule has 0 fully saturated rings. The number of thioether (sulfide) groups is 1. The zero-order chi connectivity index (χ0) is 10.1. The summed E-state index contributed by atoms with van der Waals surface area (Å²) in [5, 5.41) is 3.39. The fraction of sp³-hybridized carbons (Fsp3) is 0.778. The van der Waals surface area contributed by atoms with Crippen LogP contribution in [0.1, 0.15) is 26.2 Å². The van der Waals surface area contributed by atoms with Gasteiger partial charge in [0, 0.05) is 5.75 Å². The molecule has 14 heavy (non-hydrogen) atoms. The van der Waals surface area contributed by atoms with Crippen LogP contribution in [0.4, 0.5) is 0 Å². The maximum atomic E-state index is 4.12. The summed E-state index contributed by atoms with van der Waals surface area (Å²) in [5.74, 6) is 1.16. The molecule has 1 aromatic heterocycles. The van der Waals surface area contributed by atoms with Gasteiger partial charge in [0.15, 0.2) is 4.34 Å². The molecule has 0 spiro atoms. The highest BCUT2D eigenvalue weighted by Crippen LogP contribution is 2.19. The molecule has 3 nitrogen and oxygen atoms in total. The van der Waals surface area contributed by atoms with E-state index in [-0.39, 0.29) is 0 Å². The molecule has 0 aliphatic heterocycles. The van der Waals surface area contributed by atoms with Gasteiger partial charge in [0.05, 0.1) is 0 Å². The van der Waals surface area contributed by atoms with Gasteiger partial charge in [-0.2, -0.15) is 4.37 Å². The summed E-state index contributed by atoms with van der Waals surface area (Å²) in [6.45, 7) is 4.48. The number of aromatic nitrogens is 2. The van der Waals surface area contributed by atoms with Crippen LogP contribution >= 0.6 is 23.3 Å². The van der Waals surface area contributed by atoms with E-state index in [1.807, 2.05) is 11.8 Å². The standard InChI is InChI=1S/C9H17N3S2/c1-2-5-10-6-3-4-7-13-9-11-8-12-14-9/h8,10H,2-7H2,1H3. The normalized spacial score (nSPS) is 10.6. The highest BCUT2D eigenvalue weighted by molar-refractivity contribution is 8.00. The van der Waals surface area contributed by atoms with Crippen LogP contribution in [0.25, 0.3) is 0 Å². The van der Waals surface area contributed by atoms with E-state index in [9.17, 15) is 0 Å². The fourth-order valence-electron chi connectivity index (χ4n) is 1.04. The Hall–Kier alpha value is -0.130. The number of rotatable bonds is 8. The van der Waals surface area contributed by atoms with E-state index in [1.165, 1.54) is 30.8 Å². The average Bonchev–Trinajstić information content (AvgIpc) is 2.69. The number of hydrogen-bond acceptors (Lipinski definition) is 5. The zero-order valence-corrected chi connectivity index (χ0v) is 10.2. The Morgan fingerprint density at radius 2 is 2.36 bits per heavy atom. The average molecular weight is 231 g/mol. The predicted octanol–water partition coefficient (Wildman–Crippen LogP) is 2.41. The Balaban J connectivity index is 1.85. The van der Waals surface area contributed by atoms with Crippen molar-refractivity contribution in [1.29, 1.82) is 0 Å². The molecule has 0 unspecified atom stereocenters. The lowest BCUT2D eigenvalue weighted by Gasteiger charge is -2.01. The molecule has 0 saturated heterocycles. The summed E-state index contributed by atoms with van der Waals surface area (Å²) >= 11 is 3.29. The van der Waals surface area contributed by atoms with E-state index in [4.69, 9.17) is 0 Å². The van der Waals surface area contributed by atoms with Crippen LogP contribution in [0.15, 0.2) is 10.7 Å². The van der Waals surface area contributed by atoms with E-state index in [2.05, 4.69) is 21.6 Å². The first-order chi connectivity index (χ1) is 6.93. The van der Waals surface area contributed by atoms with Gasteiger partial charge in [0.25, 0.3) is 0 Å². The summed E-state index contributed by atoms with van der Waals surface area (Å²) in [5.41, 5.74) is 0. The Morgan fingerprint density at radius 3 is 3.07 bits per heavy atom. The highest BCUT2D eigenvalue weighted by Gasteiger charge is 1.96. The van der Waals surface area contributed by atoms with Crippen LogP contribution in [0, 0.1) is 0 Å². The second-order valence-corrected chi connectivity index (χ2v) is 5.13. The maximum Gasteiger partial charge on any atom is 0.169 e. The van der Waals surface area contributed by atoms with Gasteiger partial charge in [-0.3, -0.25) is 0 Å². The van der Waals surface area contributed by atoms with Gasteiger partial charge in [0.2, 0.25) is 0 Å². The lowest BCUT2D eigenvalue weighted by molar-refractivity contribution is 0.635. The minimum atomic E-state index is 1.09. The smallest absolute Gasteiger partial charge is 0.169 e. The summed E-state index contributed by atoms with van der Waals surface area (Å²) < 4.78 is 5.05. The van der Waals surface area contributed by atoms with Crippen molar-refractivity contribution < 1.29 is 0 Å². The topological polar surface area (TPSA) is 37.8 Å². The Kier molecular flexibility index (Phi) is 7.00. The largest absolute Gasteiger partial charge is 0.317 e. The molecular formula is C9H17N3S2. The molecular weight excluding hydrogens is 214 g/mol. The Bertz CT molecular complexity index is 214. The van der Waals surface area contributed by atoms with Crippen molar-refractivity contribution in [2.75, 3.05) is 18.8 Å². The van der Waals surface area contributed by atoms with Crippen LogP contribution in [0.5, 0.6) is 0 Å². The third-order valence-corrected chi connectivity index (χ3v) is 3.62. The highest BCUT2D eigenvalue weighted by atomic mass is 32.2. The minimum Gasteiger partial charge on any atom is -0.317 e. The van der Waals surface area contributed by atoms with Crippen LogP contribution in [-0.4, -0.2) is 28.2 Å². The van der Waals surface area contributed by atoms with Gasteiger partial charge in [-0.05, 0) is 43.9 Å². The Labute approximate surface area is 93.9 Å². The van der Waals surface area contributed by atoms with Gasteiger partial charge in [-0.1, -0.05) is 18.7 Å². The van der Waals surface area contributed by atoms with Crippen LogP contribution < -0.4 is 5.32 Å². The van der Waals surface area contributed by atoms with Crippen molar-refractivity contribution in [1.82, 2.24) is 14.7 Å². The summed E-state index contributed by atoms with van der Waals surface area (Å²) in [4.78, 5) is 4.12. The van der Waals surface area contributed by atoms with E-state index in [1.54, 1.807) is 6.33 Å². The van der Waals surface area contributed by atoms with Crippen LogP contribution in [-0.2, 0) is 0 Å². The molecule has 0 aromatic carbocycles. The minimum absolute atomic E-state index is 1.09. The first kappa shape index (κ1) is 11.9.